The molecule has 90 valence electrons. The van der Waals surface area contributed by atoms with Gasteiger partial charge in [0, 0.05) is 19.0 Å². The zero-order chi connectivity index (χ0) is 11.5. The van der Waals surface area contributed by atoms with Gasteiger partial charge in [-0.3, -0.25) is 4.79 Å². The fraction of sp³-hybridized carbons (Fsp3) is 0.917. The fourth-order valence-electron chi connectivity index (χ4n) is 1.33. The Kier molecular flexibility index (Phi) is 9.59. The van der Waals surface area contributed by atoms with Crippen molar-refractivity contribution in [3.05, 3.63) is 0 Å². The second-order valence-corrected chi connectivity index (χ2v) is 4.27. The number of amides is 1. The first kappa shape index (κ1) is 14.4. The smallest absolute Gasteiger partial charge is 0.219 e. The summed E-state index contributed by atoms with van der Waals surface area (Å²) in [6.07, 6.45) is 5.05. The minimum absolute atomic E-state index is 0.202. The summed E-state index contributed by atoms with van der Waals surface area (Å²) >= 11 is 0. The van der Waals surface area contributed by atoms with Gasteiger partial charge >= 0.3 is 0 Å². The van der Waals surface area contributed by atoms with Gasteiger partial charge in [-0.25, -0.2) is 0 Å². The summed E-state index contributed by atoms with van der Waals surface area (Å²) in [5.74, 6) is 0.202. The van der Waals surface area contributed by atoms with E-state index in [-0.39, 0.29) is 5.91 Å². The molecule has 1 amide bonds. The number of nitrogens with one attached hydrogen (secondary N) is 2. The number of hydrogen-bond acceptors (Lipinski definition) is 2. The van der Waals surface area contributed by atoms with Crippen LogP contribution in [0.15, 0.2) is 0 Å². The molecular formula is C12H26N2O. The van der Waals surface area contributed by atoms with Gasteiger partial charge in [-0.2, -0.15) is 0 Å². The van der Waals surface area contributed by atoms with Crippen molar-refractivity contribution in [3.8, 4) is 0 Å². The number of hydrogen-bond donors (Lipinski definition) is 2. The minimum atomic E-state index is 0.202. The molecule has 0 radical (unpaired) electrons. The normalized spacial score (nSPS) is 10.7. The Labute approximate surface area is 94.0 Å². The maximum absolute atomic E-state index is 11.3. The maximum atomic E-state index is 11.3. The SMILES string of the molecule is CCCCCC(=O)NCCCNC(C)C. The molecule has 2 N–H and O–H groups in total. The first-order chi connectivity index (χ1) is 7.16. The van der Waals surface area contributed by atoms with E-state index in [2.05, 4.69) is 31.4 Å². The van der Waals surface area contributed by atoms with E-state index in [4.69, 9.17) is 0 Å². The highest BCUT2D eigenvalue weighted by atomic mass is 16.1. The lowest BCUT2D eigenvalue weighted by Crippen LogP contribution is -2.29. The summed E-state index contributed by atoms with van der Waals surface area (Å²) in [4.78, 5) is 11.3. The van der Waals surface area contributed by atoms with Gasteiger partial charge in [-0.1, -0.05) is 33.6 Å². The van der Waals surface area contributed by atoms with Gasteiger partial charge in [0.1, 0.15) is 0 Å². The van der Waals surface area contributed by atoms with Gasteiger partial charge in [0.05, 0.1) is 0 Å². The fourth-order valence-corrected chi connectivity index (χ4v) is 1.33. The summed E-state index contributed by atoms with van der Waals surface area (Å²) in [6, 6.07) is 0.533. The third kappa shape index (κ3) is 11.4. The van der Waals surface area contributed by atoms with Crippen LogP contribution in [0.25, 0.3) is 0 Å². The van der Waals surface area contributed by atoms with Crippen LogP contribution >= 0.6 is 0 Å². The molecule has 0 saturated heterocycles. The van der Waals surface area contributed by atoms with Crippen LogP contribution in [-0.2, 0) is 4.79 Å². The van der Waals surface area contributed by atoms with Crippen LogP contribution in [0.5, 0.6) is 0 Å². The van der Waals surface area contributed by atoms with Gasteiger partial charge < -0.3 is 10.6 Å². The van der Waals surface area contributed by atoms with E-state index < -0.39 is 0 Å². The van der Waals surface area contributed by atoms with Gasteiger partial charge in [-0.05, 0) is 19.4 Å². The van der Waals surface area contributed by atoms with E-state index in [0.717, 1.165) is 32.4 Å². The van der Waals surface area contributed by atoms with Crippen LogP contribution in [0.4, 0.5) is 0 Å². The monoisotopic (exact) mass is 214 g/mol. The molecule has 0 atom stereocenters. The Morgan fingerprint density at radius 2 is 1.87 bits per heavy atom. The average Bonchev–Trinajstić information content (AvgIpc) is 2.17. The molecule has 0 unspecified atom stereocenters. The quantitative estimate of drug-likeness (QED) is 0.577. The molecule has 0 aromatic heterocycles. The molecule has 0 saturated carbocycles. The molecule has 0 aromatic rings. The Morgan fingerprint density at radius 3 is 2.47 bits per heavy atom. The predicted octanol–water partition coefficient (Wildman–Crippen LogP) is 2.07. The lowest BCUT2D eigenvalue weighted by Gasteiger charge is -2.08. The van der Waals surface area contributed by atoms with Crippen LogP contribution in [-0.4, -0.2) is 25.0 Å². The van der Waals surface area contributed by atoms with Crippen molar-refractivity contribution in [1.29, 1.82) is 0 Å². The van der Waals surface area contributed by atoms with E-state index in [9.17, 15) is 4.79 Å². The Bertz CT molecular complexity index is 158. The highest BCUT2D eigenvalue weighted by Gasteiger charge is 1.99. The van der Waals surface area contributed by atoms with Crippen LogP contribution in [0.3, 0.4) is 0 Å². The lowest BCUT2D eigenvalue weighted by atomic mass is 10.2. The summed E-state index contributed by atoms with van der Waals surface area (Å²) in [7, 11) is 0. The maximum Gasteiger partial charge on any atom is 0.219 e. The number of carbonyl (C=O) groups is 1. The van der Waals surface area contributed by atoms with Crippen molar-refractivity contribution in [2.24, 2.45) is 0 Å². The number of rotatable bonds is 9. The molecule has 0 spiro atoms. The van der Waals surface area contributed by atoms with E-state index in [1.165, 1.54) is 6.42 Å². The average molecular weight is 214 g/mol. The van der Waals surface area contributed by atoms with Crippen LogP contribution in [0.2, 0.25) is 0 Å². The molecule has 0 heterocycles. The third-order valence-electron chi connectivity index (χ3n) is 2.24. The Hall–Kier alpha value is -0.570. The van der Waals surface area contributed by atoms with E-state index in [1.807, 2.05) is 0 Å². The van der Waals surface area contributed by atoms with Crippen molar-refractivity contribution < 1.29 is 4.79 Å². The summed E-state index contributed by atoms with van der Waals surface area (Å²) in [6.45, 7) is 8.18. The molecule has 0 aliphatic rings. The molecule has 0 bridgehead atoms. The molecule has 0 rings (SSSR count). The van der Waals surface area contributed by atoms with E-state index in [0.29, 0.717) is 12.5 Å². The Balaban J connectivity index is 3.17. The second-order valence-electron chi connectivity index (χ2n) is 4.27. The molecule has 3 nitrogen and oxygen atoms in total. The van der Waals surface area contributed by atoms with Gasteiger partial charge in [0.25, 0.3) is 0 Å². The highest BCUT2D eigenvalue weighted by molar-refractivity contribution is 5.75. The number of unbranched alkanes of at least 4 members (excludes halogenated alkanes) is 2. The minimum Gasteiger partial charge on any atom is -0.356 e. The molecule has 0 fully saturated rings. The van der Waals surface area contributed by atoms with Crippen molar-refractivity contribution in [3.63, 3.8) is 0 Å². The highest BCUT2D eigenvalue weighted by Crippen LogP contribution is 1.97. The third-order valence-corrected chi connectivity index (χ3v) is 2.24. The van der Waals surface area contributed by atoms with Gasteiger partial charge in [-0.15, -0.1) is 0 Å². The second kappa shape index (κ2) is 9.97. The van der Waals surface area contributed by atoms with Crippen molar-refractivity contribution >= 4 is 5.91 Å². The summed E-state index contributed by atoms with van der Waals surface area (Å²) in [5, 5.41) is 6.26. The Morgan fingerprint density at radius 1 is 1.13 bits per heavy atom. The van der Waals surface area contributed by atoms with Crippen LogP contribution in [0.1, 0.15) is 52.9 Å². The lowest BCUT2D eigenvalue weighted by molar-refractivity contribution is -0.121. The molecule has 0 aliphatic carbocycles. The molecule has 0 aromatic carbocycles. The van der Waals surface area contributed by atoms with Crippen LogP contribution in [0, 0.1) is 0 Å². The largest absolute Gasteiger partial charge is 0.356 e. The van der Waals surface area contributed by atoms with E-state index >= 15 is 0 Å². The standard InChI is InChI=1S/C12H26N2O/c1-4-5-6-8-12(15)14-10-7-9-13-11(2)3/h11,13H,4-10H2,1-3H3,(H,14,15). The first-order valence-corrected chi connectivity index (χ1v) is 6.17. The van der Waals surface area contributed by atoms with Crippen molar-refractivity contribution in [2.75, 3.05) is 13.1 Å². The predicted molar refractivity (Wildman–Crippen MR) is 64.9 cm³/mol. The molecule has 0 aliphatic heterocycles. The van der Waals surface area contributed by atoms with E-state index in [1.54, 1.807) is 0 Å². The van der Waals surface area contributed by atoms with Gasteiger partial charge in [0.15, 0.2) is 0 Å². The van der Waals surface area contributed by atoms with Crippen molar-refractivity contribution in [2.45, 2.75) is 58.9 Å². The van der Waals surface area contributed by atoms with Crippen molar-refractivity contribution in [1.82, 2.24) is 10.6 Å². The zero-order valence-electron chi connectivity index (χ0n) is 10.4. The molecule has 15 heavy (non-hydrogen) atoms. The molecular weight excluding hydrogens is 188 g/mol. The molecule has 3 heteroatoms. The first-order valence-electron chi connectivity index (χ1n) is 6.17. The number of carbonyl (C=O) groups excluding carboxylic acids is 1. The van der Waals surface area contributed by atoms with Crippen LogP contribution < -0.4 is 10.6 Å². The zero-order valence-corrected chi connectivity index (χ0v) is 10.4. The van der Waals surface area contributed by atoms with Gasteiger partial charge in [0.2, 0.25) is 5.91 Å². The summed E-state index contributed by atoms with van der Waals surface area (Å²) in [5.41, 5.74) is 0. The topological polar surface area (TPSA) is 41.1 Å². The summed E-state index contributed by atoms with van der Waals surface area (Å²) < 4.78 is 0.